The first-order valence-electron chi connectivity index (χ1n) is 1.78. The minimum atomic E-state index is 0. The van der Waals surface area contributed by atoms with Crippen LogP contribution in [0.15, 0.2) is 0 Å². The molecule has 1 aliphatic heterocycles. The average molecular weight is 257 g/mol. The van der Waals surface area contributed by atoms with Gasteiger partial charge in [0.1, 0.15) is 0 Å². The minimum Gasteiger partial charge on any atom is -0.444 e. The van der Waals surface area contributed by atoms with Gasteiger partial charge in [0.2, 0.25) is 0 Å². The second-order valence-electron chi connectivity index (χ2n) is 1.45. The summed E-state index contributed by atoms with van der Waals surface area (Å²) in [4.78, 5) is 0. The monoisotopic (exact) mass is 258 g/mol. The molecule has 37 valence electrons. The van der Waals surface area contributed by atoms with E-state index in [0.29, 0.717) is 0 Å². The maximum Gasteiger partial charge on any atom is 0 e. The first-order chi connectivity index (χ1) is 2.39. The van der Waals surface area contributed by atoms with Crippen molar-refractivity contribution in [2.45, 2.75) is 6.92 Å². The summed E-state index contributed by atoms with van der Waals surface area (Å²) in [6, 6.07) is 0. The molecule has 1 fully saturated rings. The van der Waals surface area contributed by atoms with Crippen molar-refractivity contribution in [2.75, 3.05) is 13.2 Å². The van der Waals surface area contributed by atoms with Crippen molar-refractivity contribution in [1.82, 2.24) is 0 Å². The summed E-state index contributed by atoms with van der Waals surface area (Å²) in [7, 11) is 0. The second kappa shape index (κ2) is 2.74. The van der Waals surface area contributed by atoms with E-state index in [-0.39, 0.29) is 20.4 Å². The topological polar surface area (TPSA) is 9.23 Å². The summed E-state index contributed by atoms with van der Waals surface area (Å²) >= 11 is 0. The molecule has 0 saturated carbocycles. The standard InChI is InChI=1S/C4H7O.Re/c1-4-2-5-3-4;/h2-3H2,1H3;/q-1;. The molecule has 0 bridgehead atoms. The maximum absolute atomic E-state index is 4.80. The molecule has 1 radical (unpaired) electrons. The van der Waals surface area contributed by atoms with Gasteiger partial charge in [-0.3, -0.25) is 5.92 Å². The molecule has 0 amide bonds. The van der Waals surface area contributed by atoms with Crippen molar-refractivity contribution in [2.24, 2.45) is 0 Å². The Morgan fingerprint density at radius 1 is 1.50 bits per heavy atom. The Bertz CT molecular complexity index is 34.5. The Morgan fingerprint density at radius 3 is 1.83 bits per heavy atom. The van der Waals surface area contributed by atoms with Gasteiger partial charge in [-0.25, -0.2) is 0 Å². The summed E-state index contributed by atoms with van der Waals surface area (Å²) in [5, 5.41) is 0. The summed E-state index contributed by atoms with van der Waals surface area (Å²) in [6.45, 7) is 3.91. The predicted molar refractivity (Wildman–Crippen MR) is 19.7 cm³/mol. The normalized spacial score (nSPS) is 21.5. The fraction of sp³-hybridized carbons (Fsp3) is 0.750. The Labute approximate surface area is 51.7 Å². The van der Waals surface area contributed by atoms with E-state index in [1.165, 1.54) is 5.92 Å². The van der Waals surface area contributed by atoms with E-state index in [0.717, 1.165) is 13.2 Å². The SMILES string of the molecule is C[C-]1COC1.[Re]. The van der Waals surface area contributed by atoms with Gasteiger partial charge in [-0.05, 0) is 0 Å². The first kappa shape index (κ1) is 6.62. The largest absolute Gasteiger partial charge is 0.444 e. The Morgan fingerprint density at radius 2 is 1.83 bits per heavy atom. The Kier molecular flexibility index (Phi) is 3.02. The zero-order chi connectivity index (χ0) is 3.70. The molecule has 0 spiro atoms. The molecule has 1 nitrogen and oxygen atoms in total. The van der Waals surface area contributed by atoms with Crippen LogP contribution in [0.4, 0.5) is 0 Å². The molecule has 6 heavy (non-hydrogen) atoms. The van der Waals surface area contributed by atoms with E-state index in [2.05, 4.69) is 6.92 Å². The molecule has 0 N–H and O–H groups in total. The van der Waals surface area contributed by atoms with E-state index in [9.17, 15) is 0 Å². The Hall–Kier alpha value is 0.622. The van der Waals surface area contributed by atoms with E-state index < -0.39 is 0 Å². The molecule has 1 saturated heterocycles. The van der Waals surface area contributed by atoms with Crippen LogP contribution in [0.3, 0.4) is 0 Å². The summed E-state index contributed by atoms with van der Waals surface area (Å²) < 4.78 is 4.80. The van der Waals surface area contributed by atoms with E-state index in [1.54, 1.807) is 0 Å². The van der Waals surface area contributed by atoms with Crippen molar-refractivity contribution in [3.63, 3.8) is 0 Å². The van der Waals surface area contributed by atoms with Gasteiger partial charge in [0.05, 0.1) is 0 Å². The first-order valence-corrected chi connectivity index (χ1v) is 1.78. The predicted octanol–water partition coefficient (Wildman–Crippen LogP) is 0.608. The molecule has 0 aromatic rings. The fourth-order valence-corrected chi connectivity index (χ4v) is 0.306. The van der Waals surface area contributed by atoms with Crippen LogP contribution in [-0.2, 0) is 25.2 Å². The number of hydrogen-bond donors (Lipinski definition) is 0. The van der Waals surface area contributed by atoms with Crippen LogP contribution in [0.25, 0.3) is 0 Å². The van der Waals surface area contributed by atoms with Crippen LogP contribution in [0, 0.1) is 5.92 Å². The van der Waals surface area contributed by atoms with Crippen LogP contribution in [0.5, 0.6) is 0 Å². The van der Waals surface area contributed by atoms with E-state index >= 15 is 0 Å². The maximum atomic E-state index is 4.80. The molecule has 2 heteroatoms. The third kappa shape index (κ3) is 1.38. The second-order valence-corrected chi connectivity index (χ2v) is 1.45. The van der Waals surface area contributed by atoms with Crippen LogP contribution in [0.2, 0.25) is 0 Å². The molecule has 1 aliphatic rings. The van der Waals surface area contributed by atoms with Gasteiger partial charge in [0.25, 0.3) is 0 Å². The van der Waals surface area contributed by atoms with Gasteiger partial charge in [0.15, 0.2) is 0 Å². The van der Waals surface area contributed by atoms with Gasteiger partial charge in [-0.2, -0.15) is 6.92 Å². The molecule has 1 rings (SSSR count). The molecule has 0 aliphatic carbocycles. The van der Waals surface area contributed by atoms with Crippen molar-refractivity contribution in [3.8, 4) is 0 Å². The van der Waals surface area contributed by atoms with Crippen LogP contribution < -0.4 is 0 Å². The van der Waals surface area contributed by atoms with Crippen molar-refractivity contribution >= 4 is 0 Å². The molecular weight excluding hydrogens is 250 g/mol. The van der Waals surface area contributed by atoms with E-state index in [1.807, 2.05) is 0 Å². The number of ether oxygens (including phenoxy) is 1. The van der Waals surface area contributed by atoms with Crippen LogP contribution in [0.1, 0.15) is 6.92 Å². The Balaban J connectivity index is 0.000000250. The minimum absolute atomic E-state index is 0. The molecule has 0 aromatic carbocycles. The molecule has 0 aromatic heterocycles. The number of hydrogen-bond acceptors (Lipinski definition) is 1. The van der Waals surface area contributed by atoms with Gasteiger partial charge in [-0.15, -0.1) is 0 Å². The van der Waals surface area contributed by atoms with Crippen molar-refractivity contribution < 1.29 is 25.2 Å². The quantitative estimate of drug-likeness (QED) is 0.578. The van der Waals surface area contributed by atoms with Gasteiger partial charge in [-0.1, -0.05) is 13.2 Å². The molecule has 0 unspecified atom stereocenters. The smallest absolute Gasteiger partial charge is 0 e. The van der Waals surface area contributed by atoms with Gasteiger partial charge in [0, 0.05) is 20.4 Å². The average Bonchev–Trinajstić information content (AvgIpc) is 1.30. The molecule has 1 heterocycles. The van der Waals surface area contributed by atoms with Gasteiger partial charge >= 0.3 is 0 Å². The van der Waals surface area contributed by atoms with Crippen LogP contribution >= 0.6 is 0 Å². The summed E-state index contributed by atoms with van der Waals surface area (Å²) in [5.74, 6) is 1.46. The molecular formula is C4H7ORe-. The summed E-state index contributed by atoms with van der Waals surface area (Å²) in [5.41, 5.74) is 0. The van der Waals surface area contributed by atoms with E-state index in [4.69, 9.17) is 4.74 Å². The van der Waals surface area contributed by atoms with Crippen molar-refractivity contribution in [3.05, 3.63) is 5.92 Å². The fourth-order valence-electron chi connectivity index (χ4n) is 0.306. The molecule has 0 atom stereocenters. The zero-order valence-corrected chi connectivity index (χ0v) is 6.42. The third-order valence-corrected chi connectivity index (χ3v) is 0.697. The summed E-state index contributed by atoms with van der Waals surface area (Å²) in [6.07, 6.45) is 0. The van der Waals surface area contributed by atoms with Gasteiger partial charge < -0.3 is 4.74 Å². The number of rotatable bonds is 0. The van der Waals surface area contributed by atoms with Crippen LogP contribution in [-0.4, -0.2) is 13.2 Å². The third-order valence-electron chi connectivity index (χ3n) is 0.697. The zero-order valence-electron chi connectivity index (χ0n) is 3.70. The van der Waals surface area contributed by atoms with Crippen molar-refractivity contribution in [1.29, 1.82) is 0 Å².